The second kappa shape index (κ2) is 6.04. The maximum Gasteiger partial charge on any atom is 0.307 e. The summed E-state index contributed by atoms with van der Waals surface area (Å²) < 4.78 is 12.9. The van der Waals surface area contributed by atoms with Gasteiger partial charge in [-0.25, -0.2) is 4.39 Å². The highest BCUT2D eigenvalue weighted by molar-refractivity contribution is 6.06. The second-order valence-electron chi connectivity index (χ2n) is 4.34. The van der Waals surface area contributed by atoms with Crippen LogP contribution in [0.2, 0.25) is 0 Å². The fourth-order valence-electron chi connectivity index (χ4n) is 1.85. The van der Waals surface area contributed by atoms with E-state index in [1.165, 1.54) is 0 Å². The number of hydrogen-bond acceptors (Lipinski definition) is 3. The molecule has 2 aromatic carbocycles. The van der Waals surface area contributed by atoms with Crippen LogP contribution in [-0.2, 0) is 11.2 Å². The van der Waals surface area contributed by atoms with E-state index in [1.54, 1.807) is 24.3 Å². The molecule has 6 heteroatoms. The number of rotatable bonds is 4. The molecule has 1 amide bonds. The summed E-state index contributed by atoms with van der Waals surface area (Å²) in [6.45, 7) is 0. The van der Waals surface area contributed by atoms with Crippen LogP contribution in [0.15, 0.2) is 42.5 Å². The average molecular weight is 289 g/mol. The number of para-hydroxylation sites is 1. The zero-order valence-electron chi connectivity index (χ0n) is 10.8. The van der Waals surface area contributed by atoms with Gasteiger partial charge in [-0.05, 0) is 23.8 Å². The van der Waals surface area contributed by atoms with E-state index in [1.807, 2.05) is 0 Å². The van der Waals surface area contributed by atoms with Crippen molar-refractivity contribution in [1.82, 2.24) is 0 Å². The van der Waals surface area contributed by atoms with Crippen LogP contribution in [-0.4, -0.2) is 22.1 Å². The van der Waals surface area contributed by atoms with Crippen molar-refractivity contribution in [1.29, 1.82) is 0 Å². The van der Waals surface area contributed by atoms with E-state index in [4.69, 9.17) is 5.11 Å². The van der Waals surface area contributed by atoms with Crippen molar-refractivity contribution in [2.75, 3.05) is 5.32 Å². The van der Waals surface area contributed by atoms with Gasteiger partial charge in [0.1, 0.15) is 11.6 Å². The van der Waals surface area contributed by atoms with Gasteiger partial charge >= 0.3 is 5.97 Å². The first-order chi connectivity index (χ1) is 9.97. The van der Waals surface area contributed by atoms with E-state index in [2.05, 4.69) is 5.32 Å². The van der Waals surface area contributed by atoms with Gasteiger partial charge in [0, 0.05) is 11.8 Å². The SMILES string of the molecule is O=C(O)Cc1ccccc1NC(=O)c1ccc(F)cc1O. The maximum atomic E-state index is 12.9. The van der Waals surface area contributed by atoms with Crippen molar-refractivity contribution in [3.63, 3.8) is 0 Å². The molecule has 2 rings (SSSR count). The molecule has 0 fully saturated rings. The van der Waals surface area contributed by atoms with Crippen LogP contribution in [0.5, 0.6) is 5.75 Å². The molecule has 0 bridgehead atoms. The van der Waals surface area contributed by atoms with Crippen LogP contribution >= 0.6 is 0 Å². The number of benzene rings is 2. The van der Waals surface area contributed by atoms with Crippen LogP contribution in [0.1, 0.15) is 15.9 Å². The largest absolute Gasteiger partial charge is 0.507 e. The van der Waals surface area contributed by atoms with Gasteiger partial charge in [-0.15, -0.1) is 0 Å². The van der Waals surface area contributed by atoms with Crippen molar-refractivity contribution in [3.8, 4) is 5.75 Å². The standard InChI is InChI=1S/C15H12FNO4/c16-10-5-6-11(13(18)8-10)15(21)17-12-4-2-1-3-9(12)7-14(19)20/h1-6,8,18H,7H2,(H,17,21)(H,19,20). The molecule has 0 saturated carbocycles. The zero-order valence-corrected chi connectivity index (χ0v) is 10.8. The third kappa shape index (κ3) is 3.56. The smallest absolute Gasteiger partial charge is 0.307 e. The van der Waals surface area contributed by atoms with E-state index < -0.39 is 23.4 Å². The Hall–Kier alpha value is -2.89. The number of aliphatic carboxylic acids is 1. The highest BCUT2D eigenvalue weighted by Gasteiger charge is 2.14. The Morgan fingerprint density at radius 3 is 2.52 bits per heavy atom. The number of halogens is 1. The molecular formula is C15H12FNO4. The number of carbonyl (C=O) groups excluding carboxylic acids is 1. The van der Waals surface area contributed by atoms with Crippen LogP contribution < -0.4 is 5.32 Å². The molecule has 0 spiro atoms. The van der Waals surface area contributed by atoms with Gasteiger partial charge in [0.15, 0.2) is 0 Å². The van der Waals surface area contributed by atoms with Gasteiger partial charge in [-0.2, -0.15) is 0 Å². The summed E-state index contributed by atoms with van der Waals surface area (Å²) in [4.78, 5) is 22.8. The minimum atomic E-state index is -1.03. The predicted octanol–water partition coefficient (Wildman–Crippen LogP) is 2.41. The van der Waals surface area contributed by atoms with Gasteiger partial charge < -0.3 is 15.5 Å². The Balaban J connectivity index is 2.25. The average Bonchev–Trinajstić information content (AvgIpc) is 2.40. The lowest BCUT2D eigenvalue weighted by molar-refractivity contribution is -0.136. The molecule has 0 aliphatic heterocycles. The number of hydrogen-bond donors (Lipinski definition) is 3. The molecule has 2 aromatic rings. The van der Waals surface area contributed by atoms with Crippen LogP contribution in [0.4, 0.5) is 10.1 Å². The molecule has 0 radical (unpaired) electrons. The minimum absolute atomic E-state index is 0.0958. The van der Waals surface area contributed by atoms with Gasteiger partial charge in [-0.3, -0.25) is 9.59 Å². The number of anilines is 1. The number of phenols is 1. The lowest BCUT2D eigenvalue weighted by atomic mass is 10.1. The van der Waals surface area contributed by atoms with Crippen LogP contribution in [0, 0.1) is 5.82 Å². The number of aromatic hydroxyl groups is 1. The number of phenolic OH excluding ortho intramolecular Hbond substituents is 1. The Kier molecular flexibility index (Phi) is 4.18. The maximum absolute atomic E-state index is 12.9. The lowest BCUT2D eigenvalue weighted by Gasteiger charge is -2.10. The van der Waals surface area contributed by atoms with Crippen molar-refractivity contribution < 1.29 is 24.2 Å². The topological polar surface area (TPSA) is 86.6 Å². The van der Waals surface area contributed by atoms with Gasteiger partial charge in [0.2, 0.25) is 0 Å². The Bertz CT molecular complexity index is 700. The quantitative estimate of drug-likeness (QED) is 0.806. The van der Waals surface area contributed by atoms with Gasteiger partial charge in [0.25, 0.3) is 5.91 Å². The van der Waals surface area contributed by atoms with Crippen LogP contribution in [0.3, 0.4) is 0 Å². The number of carbonyl (C=O) groups is 2. The van der Waals surface area contributed by atoms with Crippen molar-refractivity contribution >= 4 is 17.6 Å². The molecule has 0 aliphatic carbocycles. The van der Waals surface area contributed by atoms with E-state index in [-0.39, 0.29) is 12.0 Å². The van der Waals surface area contributed by atoms with E-state index in [0.29, 0.717) is 11.3 Å². The number of carboxylic acids is 1. The van der Waals surface area contributed by atoms with Crippen molar-refractivity contribution in [3.05, 3.63) is 59.4 Å². The first-order valence-electron chi connectivity index (χ1n) is 6.07. The summed E-state index contributed by atoms with van der Waals surface area (Å²) in [6, 6.07) is 9.47. The summed E-state index contributed by atoms with van der Waals surface area (Å²) in [5.74, 6) is -2.81. The molecule has 108 valence electrons. The van der Waals surface area contributed by atoms with Crippen molar-refractivity contribution in [2.45, 2.75) is 6.42 Å². The lowest BCUT2D eigenvalue weighted by Crippen LogP contribution is -2.14. The van der Waals surface area contributed by atoms with Crippen molar-refractivity contribution in [2.24, 2.45) is 0 Å². The van der Waals surface area contributed by atoms with E-state index >= 15 is 0 Å². The summed E-state index contributed by atoms with van der Waals surface area (Å²) >= 11 is 0. The molecule has 5 nitrogen and oxygen atoms in total. The predicted molar refractivity (Wildman–Crippen MR) is 73.8 cm³/mol. The highest BCUT2D eigenvalue weighted by Crippen LogP contribution is 2.21. The molecule has 0 saturated heterocycles. The van der Waals surface area contributed by atoms with Gasteiger partial charge in [-0.1, -0.05) is 18.2 Å². The molecule has 0 heterocycles. The Labute approximate surface area is 119 Å². The first-order valence-corrected chi connectivity index (χ1v) is 6.07. The van der Waals surface area contributed by atoms with E-state index in [0.717, 1.165) is 18.2 Å². The first kappa shape index (κ1) is 14.5. The molecule has 0 unspecified atom stereocenters. The molecule has 21 heavy (non-hydrogen) atoms. The fourth-order valence-corrected chi connectivity index (χ4v) is 1.85. The molecule has 0 aliphatic rings. The fraction of sp³-hybridized carbons (Fsp3) is 0.0667. The Morgan fingerprint density at radius 1 is 1.14 bits per heavy atom. The van der Waals surface area contributed by atoms with E-state index in [9.17, 15) is 19.1 Å². The zero-order chi connectivity index (χ0) is 15.4. The molecular weight excluding hydrogens is 277 g/mol. The number of nitrogens with one attached hydrogen (secondary N) is 1. The summed E-state index contributed by atoms with van der Waals surface area (Å²) in [7, 11) is 0. The third-order valence-electron chi connectivity index (χ3n) is 2.81. The third-order valence-corrected chi connectivity index (χ3v) is 2.81. The summed E-state index contributed by atoms with van der Waals surface area (Å²) in [5.41, 5.74) is 0.662. The Morgan fingerprint density at radius 2 is 1.86 bits per heavy atom. The highest BCUT2D eigenvalue weighted by atomic mass is 19.1. The second-order valence-corrected chi connectivity index (χ2v) is 4.34. The normalized spacial score (nSPS) is 10.1. The molecule has 3 N–H and O–H groups in total. The molecule has 0 aromatic heterocycles. The van der Waals surface area contributed by atoms with Gasteiger partial charge in [0.05, 0.1) is 12.0 Å². The number of carboxylic acid groups (broad SMARTS) is 1. The minimum Gasteiger partial charge on any atom is -0.507 e. The molecule has 0 atom stereocenters. The monoisotopic (exact) mass is 289 g/mol. The summed E-state index contributed by atoms with van der Waals surface area (Å²) in [5, 5.41) is 20.9. The number of amides is 1. The van der Waals surface area contributed by atoms with Crippen LogP contribution in [0.25, 0.3) is 0 Å². The summed E-state index contributed by atoms with van der Waals surface area (Å²) in [6.07, 6.45) is -0.244.